The topological polar surface area (TPSA) is 55.1 Å². The lowest BCUT2D eigenvalue weighted by molar-refractivity contribution is 0.0934. The molecule has 1 heterocycles. The second-order valence-corrected chi connectivity index (χ2v) is 5.91. The van der Waals surface area contributed by atoms with Crippen LogP contribution in [0.25, 0.3) is 11.3 Å². The van der Waals surface area contributed by atoms with Crippen LogP contribution in [0, 0.1) is 5.82 Å². The van der Waals surface area contributed by atoms with Gasteiger partial charge in [-0.3, -0.25) is 4.79 Å². The Morgan fingerprint density at radius 1 is 1.16 bits per heavy atom. The Morgan fingerprint density at radius 3 is 2.64 bits per heavy atom. The largest absolute Gasteiger partial charge is 0.443 e. The average molecular weight is 338 g/mol. The summed E-state index contributed by atoms with van der Waals surface area (Å²) in [7, 11) is 0. The van der Waals surface area contributed by atoms with Crippen LogP contribution in [0.5, 0.6) is 0 Å². The summed E-state index contributed by atoms with van der Waals surface area (Å²) in [5.41, 5.74) is 1.54. The Morgan fingerprint density at radius 2 is 1.88 bits per heavy atom. The predicted molar refractivity (Wildman–Crippen MR) is 93.6 cm³/mol. The van der Waals surface area contributed by atoms with Crippen molar-refractivity contribution in [3.8, 4) is 11.3 Å². The van der Waals surface area contributed by atoms with Crippen LogP contribution in [0.3, 0.4) is 0 Å². The molecule has 3 aromatic rings. The van der Waals surface area contributed by atoms with Crippen LogP contribution < -0.4 is 5.32 Å². The van der Waals surface area contributed by atoms with E-state index in [1.165, 1.54) is 11.6 Å². The molecule has 1 N–H and O–H groups in total. The molecule has 4 nitrogen and oxygen atoms in total. The average Bonchev–Trinajstić information content (AvgIpc) is 3.11. The minimum absolute atomic E-state index is 0.0436. The zero-order valence-corrected chi connectivity index (χ0v) is 13.9. The number of hydrogen-bond acceptors (Lipinski definition) is 3. The Balaban J connectivity index is 1.66. The molecular formula is C20H19FN2O2. The Labute approximate surface area is 145 Å². The molecule has 1 atom stereocenters. The van der Waals surface area contributed by atoms with Gasteiger partial charge in [0.2, 0.25) is 0 Å². The maximum absolute atomic E-state index is 13.9. The molecule has 0 unspecified atom stereocenters. The molecule has 1 amide bonds. The van der Waals surface area contributed by atoms with E-state index >= 15 is 0 Å². The molecule has 0 radical (unpaired) electrons. The highest BCUT2D eigenvalue weighted by atomic mass is 19.1. The summed E-state index contributed by atoms with van der Waals surface area (Å²) in [6, 6.07) is 16.2. The number of oxazole rings is 1. The second-order valence-electron chi connectivity index (χ2n) is 5.91. The molecule has 0 spiro atoms. The standard InChI is InChI=1S/C20H19FN2O2/c1-14(11-12-15-7-3-2-4-8-15)23-20(24)18-19(25-13-22-18)16-9-5-6-10-17(16)21/h2-10,13-14H,11-12H2,1H3,(H,23,24)/t14-/m0/s1. The van der Waals surface area contributed by atoms with E-state index in [-0.39, 0.29) is 29.0 Å². The summed E-state index contributed by atoms with van der Waals surface area (Å²) in [6.07, 6.45) is 2.81. The lowest BCUT2D eigenvalue weighted by Crippen LogP contribution is -2.33. The molecule has 0 saturated heterocycles. The van der Waals surface area contributed by atoms with Crippen LogP contribution in [0.4, 0.5) is 4.39 Å². The van der Waals surface area contributed by atoms with Crippen LogP contribution in [0.1, 0.15) is 29.4 Å². The monoisotopic (exact) mass is 338 g/mol. The first-order chi connectivity index (χ1) is 12.1. The van der Waals surface area contributed by atoms with E-state index in [1.807, 2.05) is 25.1 Å². The summed E-state index contributed by atoms with van der Waals surface area (Å²) in [6.45, 7) is 1.93. The zero-order valence-electron chi connectivity index (χ0n) is 13.9. The van der Waals surface area contributed by atoms with Crippen molar-refractivity contribution < 1.29 is 13.6 Å². The number of aryl methyl sites for hydroxylation is 1. The summed E-state index contributed by atoms with van der Waals surface area (Å²) in [4.78, 5) is 16.4. The van der Waals surface area contributed by atoms with Crippen LogP contribution >= 0.6 is 0 Å². The lowest BCUT2D eigenvalue weighted by Gasteiger charge is -2.13. The number of aromatic nitrogens is 1. The minimum Gasteiger partial charge on any atom is -0.443 e. The minimum atomic E-state index is -0.453. The van der Waals surface area contributed by atoms with E-state index in [9.17, 15) is 9.18 Å². The molecule has 0 aliphatic carbocycles. The summed E-state index contributed by atoms with van der Waals surface area (Å²) in [5, 5.41) is 2.90. The van der Waals surface area contributed by atoms with E-state index < -0.39 is 5.82 Å². The van der Waals surface area contributed by atoms with Gasteiger partial charge in [-0.15, -0.1) is 0 Å². The molecule has 0 bridgehead atoms. The highest BCUT2D eigenvalue weighted by Gasteiger charge is 2.21. The van der Waals surface area contributed by atoms with Gasteiger partial charge in [0.25, 0.3) is 5.91 Å². The number of benzene rings is 2. The summed E-state index contributed by atoms with van der Waals surface area (Å²) in [5.74, 6) is -0.677. The van der Waals surface area contributed by atoms with Gasteiger partial charge >= 0.3 is 0 Å². The van der Waals surface area contributed by atoms with Crippen molar-refractivity contribution in [3.63, 3.8) is 0 Å². The Kier molecular flexibility index (Phi) is 5.23. The predicted octanol–water partition coefficient (Wildman–Crippen LogP) is 4.23. The molecule has 2 aromatic carbocycles. The van der Waals surface area contributed by atoms with Gasteiger partial charge in [0.15, 0.2) is 17.8 Å². The van der Waals surface area contributed by atoms with Gasteiger partial charge in [-0.25, -0.2) is 9.37 Å². The smallest absolute Gasteiger partial charge is 0.274 e. The SMILES string of the molecule is C[C@@H](CCc1ccccc1)NC(=O)c1ncoc1-c1ccccc1F. The molecule has 128 valence electrons. The summed E-state index contributed by atoms with van der Waals surface area (Å²) < 4.78 is 19.2. The molecule has 25 heavy (non-hydrogen) atoms. The van der Waals surface area contributed by atoms with Gasteiger partial charge < -0.3 is 9.73 Å². The van der Waals surface area contributed by atoms with Crippen LogP contribution in [-0.4, -0.2) is 16.9 Å². The van der Waals surface area contributed by atoms with E-state index in [2.05, 4.69) is 22.4 Å². The molecular weight excluding hydrogens is 319 g/mol. The first-order valence-electron chi connectivity index (χ1n) is 8.18. The first-order valence-corrected chi connectivity index (χ1v) is 8.18. The van der Waals surface area contributed by atoms with Gasteiger partial charge in [-0.2, -0.15) is 0 Å². The number of carbonyl (C=O) groups is 1. The number of halogens is 1. The third-order valence-electron chi connectivity index (χ3n) is 3.99. The Bertz CT molecular complexity index is 846. The molecule has 0 fully saturated rings. The fourth-order valence-corrected chi connectivity index (χ4v) is 2.64. The van der Waals surface area contributed by atoms with Gasteiger partial charge in [-0.1, -0.05) is 42.5 Å². The second kappa shape index (κ2) is 7.75. The van der Waals surface area contributed by atoms with Crippen LogP contribution in [0.15, 0.2) is 65.4 Å². The fourth-order valence-electron chi connectivity index (χ4n) is 2.64. The number of rotatable bonds is 6. The van der Waals surface area contributed by atoms with Crippen LogP contribution in [-0.2, 0) is 6.42 Å². The quantitative estimate of drug-likeness (QED) is 0.732. The summed E-state index contributed by atoms with van der Waals surface area (Å²) >= 11 is 0. The van der Waals surface area contributed by atoms with Crippen molar-refractivity contribution in [3.05, 3.63) is 78.1 Å². The van der Waals surface area contributed by atoms with Gasteiger partial charge in [-0.05, 0) is 37.5 Å². The highest BCUT2D eigenvalue weighted by Crippen LogP contribution is 2.25. The van der Waals surface area contributed by atoms with E-state index in [1.54, 1.807) is 18.2 Å². The number of hydrogen-bond donors (Lipinski definition) is 1. The fraction of sp³-hybridized carbons (Fsp3) is 0.200. The van der Waals surface area contributed by atoms with Crippen molar-refractivity contribution in [2.75, 3.05) is 0 Å². The molecule has 0 aliphatic heterocycles. The zero-order chi connectivity index (χ0) is 17.6. The van der Waals surface area contributed by atoms with Crippen molar-refractivity contribution in [2.45, 2.75) is 25.8 Å². The maximum atomic E-state index is 13.9. The number of amides is 1. The molecule has 0 aliphatic rings. The van der Waals surface area contributed by atoms with Crippen molar-refractivity contribution in [2.24, 2.45) is 0 Å². The van der Waals surface area contributed by atoms with Gasteiger partial charge in [0.1, 0.15) is 5.82 Å². The third kappa shape index (κ3) is 4.12. The van der Waals surface area contributed by atoms with E-state index in [0.717, 1.165) is 19.2 Å². The van der Waals surface area contributed by atoms with Crippen LogP contribution in [0.2, 0.25) is 0 Å². The first kappa shape index (κ1) is 16.9. The Hall–Kier alpha value is -2.95. The molecule has 5 heteroatoms. The van der Waals surface area contributed by atoms with Crippen molar-refractivity contribution in [1.29, 1.82) is 0 Å². The molecule has 1 aromatic heterocycles. The normalized spacial score (nSPS) is 11.9. The van der Waals surface area contributed by atoms with E-state index in [0.29, 0.717) is 0 Å². The number of carbonyl (C=O) groups excluding carboxylic acids is 1. The van der Waals surface area contributed by atoms with Crippen molar-refractivity contribution in [1.82, 2.24) is 10.3 Å². The number of nitrogens with zero attached hydrogens (tertiary/aromatic N) is 1. The van der Waals surface area contributed by atoms with E-state index in [4.69, 9.17) is 4.42 Å². The third-order valence-corrected chi connectivity index (χ3v) is 3.99. The lowest BCUT2D eigenvalue weighted by atomic mass is 10.1. The van der Waals surface area contributed by atoms with Crippen molar-refractivity contribution >= 4 is 5.91 Å². The van der Waals surface area contributed by atoms with Gasteiger partial charge in [0, 0.05) is 6.04 Å². The van der Waals surface area contributed by atoms with Gasteiger partial charge in [0.05, 0.1) is 5.56 Å². The molecule has 3 rings (SSSR count). The number of nitrogens with one attached hydrogen (secondary N) is 1. The maximum Gasteiger partial charge on any atom is 0.274 e. The molecule has 0 saturated carbocycles. The highest BCUT2D eigenvalue weighted by molar-refractivity contribution is 5.97.